The molecule has 16 heteroatoms. The van der Waals surface area contributed by atoms with E-state index in [1.54, 1.807) is 37.4 Å². The number of fused-ring (bicyclic) bond motifs is 2. The van der Waals surface area contributed by atoms with Crippen molar-refractivity contribution >= 4 is 74.0 Å². The Morgan fingerprint density at radius 1 is 0.582 bits per heavy atom. The first-order chi connectivity index (χ1) is 30.0. The van der Waals surface area contributed by atoms with Crippen molar-refractivity contribution in [2.24, 2.45) is 0 Å². The van der Waals surface area contributed by atoms with E-state index in [4.69, 9.17) is 29.9 Å². The molecule has 0 bridgehead atoms. The first-order valence-corrected chi connectivity index (χ1v) is 23.1. The Morgan fingerprint density at radius 3 is 1.15 bits per heavy atom. The van der Waals surface area contributed by atoms with Crippen LogP contribution in [0.15, 0.2) is 94.7 Å². The summed E-state index contributed by atoms with van der Waals surface area (Å²) >= 11 is 3.33. The summed E-state index contributed by atoms with van der Waals surface area (Å²) in [5.74, 6) is -0.501. The Hall–Kier alpha value is -4.32. The van der Waals surface area contributed by atoms with E-state index in [-0.39, 0.29) is 67.0 Å². The molecule has 4 atom stereocenters. The first-order valence-electron chi connectivity index (χ1n) is 21.5. The minimum atomic E-state index is -1.02. The maximum Gasteiger partial charge on any atom is 0.344 e. The van der Waals surface area contributed by atoms with Crippen LogP contribution in [0.4, 0.5) is 0 Å². The van der Waals surface area contributed by atoms with E-state index in [9.17, 15) is 19.2 Å². The molecule has 0 aliphatic heterocycles. The average molecular weight is 1000 g/mol. The lowest BCUT2D eigenvalue weighted by atomic mass is 10.1. The number of carboxylic acids is 2. The van der Waals surface area contributed by atoms with Crippen LogP contribution in [0, 0.1) is 0 Å². The zero-order valence-corrected chi connectivity index (χ0v) is 43.3. The van der Waals surface area contributed by atoms with Crippen molar-refractivity contribution in [3.8, 4) is 23.0 Å². The second kappa shape index (κ2) is 29.5. The standard InChI is InChI=1S/2C16H23NOS.2C9H10O4.CH4.2H2S/c2*1-5-17-14-8-12-6-7-15(10-13(12)9-14)19-16(3,4)11(2)18;2*1-6(9(11)12)13-8-4-2-7(10)3-5-8;;;/h2*6-7,10,14,17H,5,8-9H2,1-4H3;2*2-6,10H,1H3,(H,11,12);1H4;2*1H2/t14-;;2*6-;;;/m1.00.../s1. The largest absolute Gasteiger partial charge is 0.508 e. The smallest absolute Gasteiger partial charge is 0.344 e. The van der Waals surface area contributed by atoms with Crippen molar-refractivity contribution in [3.63, 3.8) is 0 Å². The van der Waals surface area contributed by atoms with E-state index in [1.165, 1.54) is 94.4 Å². The highest BCUT2D eigenvalue weighted by molar-refractivity contribution is 8.01. The van der Waals surface area contributed by atoms with Crippen molar-refractivity contribution < 1.29 is 49.1 Å². The molecule has 0 amide bonds. The number of rotatable bonds is 16. The Balaban J connectivity index is 0.000000868. The lowest BCUT2D eigenvalue weighted by molar-refractivity contribution is -0.145. The van der Waals surface area contributed by atoms with Crippen LogP contribution in [0.3, 0.4) is 0 Å². The first kappa shape index (κ1) is 62.7. The van der Waals surface area contributed by atoms with Gasteiger partial charge >= 0.3 is 11.9 Å². The highest BCUT2D eigenvalue weighted by atomic mass is 32.2. The van der Waals surface area contributed by atoms with Gasteiger partial charge in [0, 0.05) is 21.9 Å². The maximum atomic E-state index is 11.6. The number of benzene rings is 4. The molecule has 0 heterocycles. The summed E-state index contributed by atoms with van der Waals surface area (Å²) in [5, 5.41) is 41.9. The molecule has 0 saturated heterocycles. The third-order valence-corrected chi connectivity index (χ3v) is 13.2. The normalized spacial score (nSPS) is 15.1. The zero-order valence-electron chi connectivity index (χ0n) is 39.7. The number of phenolic OH excluding ortho intramolecular Hbond substituents is 2. The van der Waals surface area contributed by atoms with Gasteiger partial charge in [-0.25, -0.2) is 9.59 Å². The van der Waals surface area contributed by atoms with Crippen molar-refractivity contribution in [2.75, 3.05) is 13.1 Å². The monoisotopic (exact) mass is 1000 g/mol. The molecule has 6 N–H and O–H groups in total. The van der Waals surface area contributed by atoms with Crippen LogP contribution in [0.2, 0.25) is 0 Å². The van der Waals surface area contributed by atoms with Crippen LogP contribution in [-0.2, 0) is 44.9 Å². The van der Waals surface area contributed by atoms with Gasteiger partial charge in [0.25, 0.3) is 0 Å². The molecular weight excluding hydrogens is 929 g/mol. The number of aromatic hydroxyl groups is 2. The molecular formula is C51H74N2O10S4. The predicted molar refractivity (Wildman–Crippen MR) is 283 cm³/mol. The van der Waals surface area contributed by atoms with E-state index in [0.29, 0.717) is 23.6 Å². The number of likely N-dealkylation sites (N-methyl/N-ethyl adjacent to an activating group) is 2. The van der Waals surface area contributed by atoms with Gasteiger partial charge in [-0.1, -0.05) is 33.4 Å². The summed E-state index contributed by atoms with van der Waals surface area (Å²) in [4.78, 5) is 46.4. The molecule has 0 saturated carbocycles. The highest BCUT2D eigenvalue weighted by Crippen LogP contribution is 2.37. The molecule has 67 heavy (non-hydrogen) atoms. The molecule has 0 aromatic heterocycles. The van der Waals surface area contributed by atoms with E-state index in [1.807, 2.05) is 27.7 Å². The van der Waals surface area contributed by atoms with E-state index >= 15 is 0 Å². The number of phenols is 2. The summed E-state index contributed by atoms with van der Waals surface area (Å²) in [6.45, 7) is 20.6. The second-order valence-corrected chi connectivity index (χ2v) is 20.1. The van der Waals surface area contributed by atoms with Gasteiger partial charge in [0.2, 0.25) is 0 Å². The van der Waals surface area contributed by atoms with Gasteiger partial charge in [0.05, 0.1) is 9.49 Å². The van der Waals surface area contributed by atoms with Gasteiger partial charge in [0.15, 0.2) is 12.2 Å². The van der Waals surface area contributed by atoms with Crippen LogP contribution in [0.5, 0.6) is 23.0 Å². The highest BCUT2D eigenvalue weighted by Gasteiger charge is 2.28. The Labute approximate surface area is 420 Å². The molecule has 0 radical (unpaired) electrons. The molecule has 0 spiro atoms. The number of ketones is 2. The molecule has 12 nitrogen and oxygen atoms in total. The maximum absolute atomic E-state index is 11.6. The SMILES string of the molecule is C.CCNC1Cc2ccc(SC(C)(C)C(C)=O)cc2C1.CCN[C@@H]1Cc2ccc(SC(C)(C)C(C)=O)cc2C1.C[C@H](Oc1ccc(O)cc1)C(=O)O.C[C@H](Oc1ccc(O)cc1)C(=O)O.S.S. The molecule has 6 rings (SSSR count). The number of thioether (sulfide) groups is 2. The van der Waals surface area contributed by atoms with Gasteiger partial charge in [-0.05, 0) is 189 Å². The van der Waals surface area contributed by atoms with Gasteiger partial charge < -0.3 is 40.5 Å². The zero-order chi connectivity index (χ0) is 47.8. The minimum absolute atomic E-state index is 0. The van der Waals surface area contributed by atoms with E-state index < -0.39 is 24.1 Å². The average Bonchev–Trinajstić information content (AvgIpc) is 3.82. The lowest BCUT2D eigenvalue weighted by Gasteiger charge is -2.20. The Morgan fingerprint density at radius 2 is 0.881 bits per heavy atom. The second-order valence-electron chi connectivity index (χ2n) is 16.7. The number of carboxylic acid groups (broad SMARTS) is 2. The molecule has 2 aliphatic carbocycles. The fraction of sp³-hybridized carbons (Fsp3) is 0.451. The summed E-state index contributed by atoms with van der Waals surface area (Å²) in [7, 11) is 0. The number of ether oxygens (including phenoxy) is 2. The van der Waals surface area contributed by atoms with Crippen LogP contribution >= 0.6 is 50.5 Å². The number of carbonyl (C=O) groups is 4. The third kappa shape index (κ3) is 21.2. The molecule has 4 aromatic carbocycles. The van der Waals surface area contributed by atoms with Crippen LogP contribution in [-0.4, -0.2) is 90.8 Å². The Kier molecular flexibility index (Phi) is 27.6. The Bertz CT molecular complexity index is 2020. The summed E-state index contributed by atoms with van der Waals surface area (Å²) in [5.41, 5.74) is 5.79. The van der Waals surface area contributed by atoms with Gasteiger partial charge in [-0.3, -0.25) is 9.59 Å². The lowest BCUT2D eigenvalue weighted by Crippen LogP contribution is -2.28. The molecule has 1 unspecified atom stereocenters. The van der Waals surface area contributed by atoms with Crippen molar-refractivity contribution in [1.29, 1.82) is 0 Å². The van der Waals surface area contributed by atoms with Gasteiger partial charge in [0.1, 0.15) is 34.6 Å². The molecule has 0 fully saturated rings. The quantitative estimate of drug-likeness (QED) is 0.0582. The van der Waals surface area contributed by atoms with Crippen molar-refractivity contribution in [2.45, 2.75) is 146 Å². The van der Waals surface area contributed by atoms with Gasteiger partial charge in [-0.2, -0.15) is 27.0 Å². The fourth-order valence-corrected chi connectivity index (χ4v) is 8.61. The van der Waals surface area contributed by atoms with Crippen LogP contribution < -0.4 is 20.1 Å². The van der Waals surface area contributed by atoms with Crippen molar-refractivity contribution in [1.82, 2.24) is 10.6 Å². The number of aliphatic carboxylic acids is 2. The third-order valence-electron chi connectivity index (χ3n) is 10.6. The number of hydrogen-bond donors (Lipinski definition) is 6. The topological polar surface area (TPSA) is 192 Å². The summed E-state index contributed by atoms with van der Waals surface area (Å²) in [6.07, 6.45) is 2.71. The minimum Gasteiger partial charge on any atom is -0.508 e. The molecule has 372 valence electrons. The number of hydrogen-bond acceptors (Lipinski definition) is 12. The number of Topliss-reactive ketones (excluding diaryl/α,β-unsaturated/α-hetero) is 2. The number of carbonyl (C=O) groups excluding carboxylic acids is 2. The van der Waals surface area contributed by atoms with E-state index in [2.05, 4.69) is 60.9 Å². The fourth-order valence-electron chi connectivity index (χ4n) is 6.47. The molecule has 2 aliphatic rings. The van der Waals surface area contributed by atoms with E-state index in [0.717, 1.165) is 38.8 Å². The van der Waals surface area contributed by atoms with Crippen LogP contribution in [0.1, 0.15) is 98.9 Å². The van der Waals surface area contributed by atoms with Crippen LogP contribution in [0.25, 0.3) is 0 Å². The summed E-state index contributed by atoms with van der Waals surface area (Å²) < 4.78 is 9.36. The predicted octanol–water partition coefficient (Wildman–Crippen LogP) is 9.80. The summed E-state index contributed by atoms with van der Waals surface area (Å²) in [6, 6.07) is 26.2. The van der Waals surface area contributed by atoms with Crippen molar-refractivity contribution in [3.05, 3.63) is 107 Å². The van der Waals surface area contributed by atoms with Gasteiger partial charge in [-0.15, -0.1) is 23.5 Å². The molecule has 4 aromatic rings. The number of nitrogens with one attached hydrogen (secondary N) is 2.